The molecule has 0 saturated heterocycles. The minimum absolute atomic E-state index is 0.142. The number of rotatable bonds is 2. The lowest BCUT2D eigenvalue weighted by Gasteiger charge is -2.08. The number of thiazole rings is 1. The molecule has 0 unspecified atom stereocenters. The molecule has 0 fully saturated rings. The second kappa shape index (κ2) is 4.61. The molecule has 102 valence electrons. The van der Waals surface area contributed by atoms with Gasteiger partial charge >= 0.3 is 0 Å². The van der Waals surface area contributed by atoms with Gasteiger partial charge in [-0.15, -0.1) is 11.3 Å². The van der Waals surface area contributed by atoms with E-state index in [4.69, 9.17) is 5.73 Å². The first-order chi connectivity index (χ1) is 9.58. The summed E-state index contributed by atoms with van der Waals surface area (Å²) < 4.78 is 2.63. The van der Waals surface area contributed by atoms with Gasteiger partial charge in [-0.25, -0.2) is 9.67 Å². The number of carbonyl (C=O) groups excluding carboxylic acids is 1. The predicted molar refractivity (Wildman–Crippen MR) is 79.2 cm³/mol. The number of anilines is 1. The van der Waals surface area contributed by atoms with Crippen molar-refractivity contribution >= 4 is 33.1 Å². The first-order valence-electron chi connectivity index (χ1n) is 5.97. The van der Waals surface area contributed by atoms with Gasteiger partial charge in [-0.2, -0.15) is 5.10 Å². The number of nitrogens with two attached hydrogens (primary N) is 1. The Hall–Kier alpha value is -2.41. The zero-order valence-corrected chi connectivity index (χ0v) is 11.9. The average molecular weight is 287 g/mol. The maximum Gasteiger partial charge on any atom is 0.273 e. The zero-order chi connectivity index (χ0) is 14.3. The lowest BCUT2D eigenvalue weighted by Crippen LogP contribution is -2.22. The third-order valence-corrected chi connectivity index (χ3v) is 3.77. The normalized spacial score (nSPS) is 10.9. The van der Waals surface area contributed by atoms with Crippen LogP contribution in [0.2, 0.25) is 0 Å². The number of nitrogens with zero attached hydrogens (tertiary/aromatic N) is 4. The number of amides is 1. The van der Waals surface area contributed by atoms with Crippen LogP contribution in [0, 0.1) is 0 Å². The molecule has 0 spiro atoms. The minimum Gasteiger partial charge on any atom is -0.395 e. The van der Waals surface area contributed by atoms with E-state index in [9.17, 15) is 4.79 Å². The fraction of sp³-hybridized carbons (Fsp3) is 0.154. The van der Waals surface area contributed by atoms with Gasteiger partial charge in [0.05, 0.1) is 21.6 Å². The largest absolute Gasteiger partial charge is 0.395 e. The van der Waals surface area contributed by atoms with Crippen LogP contribution in [0.15, 0.2) is 29.9 Å². The summed E-state index contributed by atoms with van der Waals surface area (Å²) in [5.74, 6) is -0.142. The molecule has 6 nitrogen and oxygen atoms in total. The van der Waals surface area contributed by atoms with Crippen LogP contribution >= 0.6 is 11.3 Å². The fourth-order valence-electron chi connectivity index (χ4n) is 1.94. The van der Waals surface area contributed by atoms with Crippen molar-refractivity contribution in [1.82, 2.24) is 19.7 Å². The van der Waals surface area contributed by atoms with E-state index < -0.39 is 0 Å². The third-order valence-electron chi connectivity index (χ3n) is 2.98. The lowest BCUT2D eigenvalue weighted by molar-refractivity contribution is 0.0821. The van der Waals surface area contributed by atoms with Crippen LogP contribution in [-0.2, 0) is 0 Å². The van der Waals surface area contributed by atoms with Crippen LogP contribution in [0.5, 0.6) is 0 Å². The van der Waals surface area contributed by atoms with Crippen LogP contribution < -0.4 is 5.73 Å². The van der Waals surface area contributed by atoms with Gasteiger partial charge in [0.25, 0.3) is 5.91 Å². The highest BCUT2D eigenvalue weighted by molar-refractivity contribution is 7.16. The number of fused-ring (bicyclic) bond motifs is 1. The van der Waals surface area contributed by atoms with Crippen LogP contribution in [0.3, 0.4) is 0 Å². The monoisotopic (exact) mass is 287 g/mol. The number of carbonyl (C=O) groups is 1. The van der Waals surface area contributed by atoms with Gasteiger partial charge in [-0.3, -0.25) is 4.79 Å². The Labute approximate surface area is 119 Å². The molecule has 0 bridgehead atoms. The van der Waals surface area contributed by atoms with Crippen molar-refractivity contribution in [2.75, 3.05) is 19.8 Å². The molecule has 2 heterocycles. The van der Waals surface area contributed by atoms with Crippen LogP contribution in [0.25, 0.3) is 15.9 Å². The molecule has 0 saturated carbocycles. The summed E-state index contributed by atoms with van der Waals surface area (Å²) >= 11 is 1.54. The van der Waals surface area contributed by atoms with E-state index in [0.717, 1.165) is 15.9 Å². The Bertz CT molecular complexity index is 789. The Kier molecular flexibility index (Phi) is 2.90. The van der Waals surface area contributed by atoms with E-state index in [1.54, 1.807) is 36.6 Å². The van der Waals surface area contributed by atoms with Crippen molar-refractivity contribution in [3.8, 4) is 5.69 Å². The Morgan fingerprint density at radius 3 is 2.90 bits per heavy atom. The lowest BCUT2D eigenvalue weighted by atomic mass is 10.2. The van der Waals surface area contributed by atoms with Crippen LogP contribution in [0.4, 0.5) is 5.69 Å². The number of nitrogen functional groups attached to an aromatic ring is 1. The van der Waals surface area contributed by atoms with Gasteiger partial charge < -0.3 is 10.6 Å². The highest BCUT2D eigenvalue weighted by Crippen LogP contribution is 2.28. The quantitative estimate of drug-likeness (QED) is 0.729. The third kappa shape index (κ3) is 1.92. The van der Waals surface area contributed by atoms with Crippen molar-refractivity contribution in [2.24, 2.45) is 0 Å². The summed E-state index contributed by atoms with van der Waals surface area (Å²) in [6, 6.07) is 5.51. The van der Waals surface area contributed by atoms with E-state index in [1.807, 2.05) is 12.1 Å². The highest BCUT2D eigenvalue weighted by Gasteiger charge is 2.14. The summed E-state index contributed by atoms with van der Waals surface area (Å²) in [6.07, 6.45) is 1.72. The smallest absolute Gasteiger partial charge is 0.273 e. The van der Waals surface area contributed by atoms with Gasteiger partial charge in [-0.05, 0) is 18.2 Å². The molecule has 7 heteroatoms. The maximum atomic E-state index is 11.9. The average Bonchev–Trinajstić information content (AvgIpc) is 3.06. The molecule has 2 N–H and O–H groups in total. The molecule has 0 aliphatic carbocycles. The molecule has 0 aliphatic heterocycles. The first kappa shape index (κ1) is 12.6. The summed E-state index contributed by atoms with van der Waals surface area (Å²) in [4.78, 5) is 17.6. The summed E-state index contributed by atoms with van der Waals surface area (Å²) in [5.41, 5.74) is 10.3. The van der Waals surface area contributed by atoms with E-state index in [2.05, 4.69) is 10.1 Å². The van der Waals surface area contributed by atoms with E-state index in [-0.39, 0.29) is 5.91 Å². The molecule has 3 rings (SSSR count). The number of hydrogen-bond donors (Lipinski definition) is 1. The van der Waals surface area contributed by atoms with Gasteiger partial charge in [0.15, 0.2) is 5.69 Å². The fourth-order valence-corrected chi connectivity index (χ4v) is 2.64. The van der Waals surface area contributed by atoms with Crippen molar-refractivity contribution in [3.63, 3.8) is 0 Å². The van der Waals surface area contributed by atoms with Crippen molar-refractivity contribution in [1.29, 1.82) is 0 Å². The molecule has 20 heavy (non-hydrogen) atoms. The van der Waals surface area contributed by atoms with Crippen molar-refractivity contribution in [3.05, 3.63) is 35.6 Å². The molecule has 1 amide bonds. The van der Waals surface area contributed by atoms with Gasteiger partial charge in [0.2, 0.25) is 0 Å². The topological polar surface area (TPSA) is 77.0 Å². The van der Waals surface area contributed by atoms with Gasteiger partial charge in [0.1, 0.15) is 5.52 Å². The van der Waals surface area contributed by atoms with E-state index >= 15 is 0 Å². The second-order valence-electron chi connectivity index (χ2n) is 4.54. The Morgan fingerprint density at radius 1 is 1.35 bits per heavy atom. The molecular weight excluding hydrogens is 274 g/mol. The predicted octanol–water partition coefficient (Wildman–Crippen LogP) is 1.77. The molecule has 2 aromatic heterocycles. The SMILES string of the molecule is CN(C)C(=O)c1ccn(-c2ccc3scnc3c2N)n1. The summed E-state index contributed by atoms with van der Waals surface area (Å²) in [6.45, 7) is 0. The molecular formula is C13H13N5OS. The number of benzene rings is 1. The number of aromatic nitrogens is 3. The Morgan fingerprint density at radius 2 is 2.15 bits per heavy atom. The van der Waals surface area contributed by atoms with Crippen LogP contribution in [0.1, 0.15) is 10.5 Å². The first-order valence-corrected chi connectivity index (χ1v) is 6.85. The van der Waals surface area contributed by atoms with Crippen molar-refractivity contribution in [2.45, 2.75) is 0 Å². The second-order valence-corrected chi connectivity index (χ2v) is 5.43. The standard InChI is InChI=1S/C13H13N5OS/c1-17(2)13(19)8-5-6-18(16-8)9-3-4-10-12(11(9)14)15-7-20-10/h3-7H,14H2,1-2H3. The molecule has 0 radical (unpaired) electrons. The zero-order valence-electron chi connectivity index (χ0n) is 11.1. The summed E-state index contributed by atoms with van der Waals surface area (Å²) in [7, 11) is 3.38. The van der Waals surface area contributed by atoms with Crippen molar-refractivity contribution < 1.29 is 4.79 Å². The minimum atomic E-state index is -0.142. The molecule has 3 aromatic rings. The van der Waals surface area contributed by atoms with Gasteiger partial charge in [0, 0.05) is 20.3 Å². The molecule has 1 aromatic carbocycles. The summed E-state index contributed by atoms with van der Waals surface area (Å²) in [5, 5.41) is 4.27. The number of hydrogen-bond acceptors (Lipinski definition) is 5. The maximum absolute atomic E-state index is 11.9. The van der Waals surface area contributed by atoms with E-state index in [0.29, 0.717) is 11.4 Å². The molecule has 0 aliphatic rings. The highest BCUT2D eigenvalue weighted by atomic mass is 32.1. The molecule has 0 atom stereocenters. The van der Waals surface area contributed by atoms with Gasteiger partial charge in [-0.1, -0.05) is 0 Å². The van der Waals surface area contributed by atoms with Crippen LogP contribution in [-0.4, -0.2) is 39.7 Å². The van der Waals surface area contributed by atoms with E-state index in [1.165, 1.54) is 16.2 Å². The Balaban J connectivity index is 2.07.